The van der Waals surface area contributed by atoms with Crippen molar-refractivity contribution < 1.29 is 0 Å². The highest BCUT2D eigenvalue weighted by molar-refractivity contribution is 9.08. The van der Waals surface area contributed by atoms with Gasteiger partial charge in [-0.25, -0.2) is 0 Å². The van der Waals surface area contributed by atoms with Gasteiger partial charge in [-0.2, -0.15) is 0 Å². The summed E-state index contributed by atoms with van der Waals surface area (Å²) in [6, 6.07) is 6.05. The third kappa shape index (κ3) is 4.86. The van der Waals surface area contributed by atoms with E-state index in [-0.39, 0.29) is 0 Å². The van der Waals surface area contributed by atoms with Gasteiger partial charge in [0.2, 0.25) is 0 Å². The van der Waals surface area contributed by atoms with Crippen LogP contribution in [-0.4, -0.2) is 39.1 Å². The quantitative estimate of drug-likeness (QED) is 0.739. The lowest BCUT2D eigenvalue weighted by molar-refractivity contribution is 0.401. The van der Waals surface area contributed by atoms with E-state index >= 15 is 0 Å². The summed E-state index contributed by atoms with van der Waals surface area (Å²) in [5.41, 5.74) is 2.50. The molecule has 4 heteroatoms. The first kappa shape index (κ1) is 14.8. The molecule has 0 radical (unpaired) electrons. The SMILES string of the molecule is CN(C)CCCN(C)c1cc(Cl)ccc1CBr. The van der Waals surface area contributed by atoms with Gasteiger partial charge in [0.25, 0.3) is 0 Å². The lowest BCUT2D eigenvalue weighted by Crippen LogP contribution is -2.24. The van der Waals surface area contributed by atoms with E-state index in [1.54, 1.807) is 0 Å². The van der Waals surface area contributed by atoms with Gasteiger partial charge in [0, 0.05) is 29.6 Å². The Morgan fingerprint density at radius 2 is 1.88 bits per heavy atom. The Balaban J connectivity index is 2.66. The van der Waals surface area contributed by atoms with Crippen molar-refractivity contribution in [1.82, 2.24) is 4.90 Å². The zero-order valence-electron chi connectivity index (χ0n) is 10.7. The van der Waals surface area contributed by atoms with Crippen molar-refractivity contribution in [3.63, 3.8) is 0 Å². The molecule has 0 aliphatic rings. The van der Waals surface area contributed by atoms with Gasteiger partial charge in [-0.3, -0.25) is 0 Å². The first-order valence-corrected chi connectivity index (χ1v) is 7.24. The summed E-state index contributed by atoms with van der Waals surface area (Å²) < 4.78 is 0. The Hall–Kier alpha value is -0.250. The molecular formula is C13H20BrClN2. The molecule has 0 atom stereocenters. The first-order chi connectivity index (χ1) is 8.04. The van der Waals surface area contributed by atoms with E-state index in [0.717, 1.165) is 29.9 Å². The van der Waals surface area contributed by atoms with E-state index in [2.05, 4.69) is 52.9 Å². The highest BCUT2D eigenvalue weighted by Crippen LogP contribution is 2.26. The zero-order valence-corrected chi connectivity index (χ0v) is 13.1. The molecular weight excluding hydrogens is 300 g/mol. The van der Waals surface area contributed by atoms with Gasteiger partial charge in [-0.15, -0.1) is 0 Å². The minimum absolute atomic E-state index is 0.796. The van der Waals surface area contributed by atoms with Crippen LogP contribution in [0.1, 0.15) is 12.0 Å². The number of rotatable bonds is 6. The van der Waals surface area contributed by atoms with Gasteiger partial charge in [0.1, 0.15) is 0 Å². The molecule has 0 saturated carbocycles. The highest BCUT2D eigenvalue weighted by Gasteiger charge is 2.07. The minimum Gasteiger partial charge on any atom is -0.374 e. The number of hydrogen-bond acceptors (Lipinski definition) is 2. The molecule has 0 bridgehead atoms. The Bertz CT molecular complexity index is 355. The molecule has 0 unspecified atom stereocenters. The van der Waals surface area contributed by atoms with E-state index in [1.807, 2.05) is 12.1 Å². The molecule has 2 nitrogen and oxygen atoms in total. The van der Waals surface area contributed by atoms with Gasteiger partial charge in [-0.1, -0.05) is 33.6 Å². The van der Waals surface area contributed by atoms with Crippen molar-refractivity contribution >= 4 is 33.2 Å². The number of halogens is 2. The summed E-state index contributed by atoms with van der Waals surface area (Å²) in [4.78, 5) is 4.48. The largest absolute Gasteiger partial charge is 0.374 e. The number of anilines is 1. The summed E-state index contributed by atoms with van der Waals surface area (Å²) >= 11 is 9.57. The van der Waals surface area contributed by atoms with Crippen molar-refractivity contribution in [2.75, 3.05) is 39.1 Å². The van der Waals surface area contributed by atoms with Crippen molar-refractivity contribution in [3.05, 3.63) is 28.8 Å². The molecule has 0 aliphatic carbocycles. The lowest BCUT2D eigenvalue weighted by atomic mass is 10.2. The van der Waals surface area contributed by atoms with E-state index < -0.39 is 0 Å². The minimum atomic E-state index is 0.796. The molecule has 17 heavy (non-hydrogen) atoms. The predicted octanol–water partition coefficient (Wildman–Crippen LogP) is 3.62. The van der Waals surface area contributed by atoms with Gasteiger partial charge >= 0.3 is 0 Å². The molecule has 0 aromatic heterocycles. The molecule has 1 aromatic carbocycles. The number of nitrogens with zero attached hydrogens (tertiary/aromatic N) is 2. The molecule has 0 spiro atoms. The van der Waals surface area contributed by atoms with Crippen LogP contribution in [0.15, 0.2) is 18.2 Å². The zero-order chi connectivity index (χ0) is 12.8. The van der Waals surface area contributed by atoms with Crippen LogP contribution in [-0.2, 0) is 5.33 Å². The number of benzene rings is 1. The van der Waals surface area contributed by atoms with Crippen molar-refractivity contribution in [2.24, 2.45) is 0 Å². The Morgan fingerprint density at radius 1 is 1.18 bits per heavy atom. The third-order valence-corrected chi connectivity index (χ3v) is 3.54. The van der Waals surface area contributed by atoms with Crippen LogP contribution in [0.5, 0.6) is 0 Å². The second-order valence-electron chi connectivity index (χ2n) is 4.49. The second-order valence-corrected chi connectivity index (χ2v) is 5.48. The van der Waals surface area contributed by atoms with Crippen LogP contribution in [0.4, 0.5) is 5.69 Å². The van der Waals surface area contributed by atoms with Crippen molar-refractivity contribution in [2.45, 2.75) is 11.8 Å². The van der Waals surface area contributed by atoms with Crippen LogP contribution in [0.3, 0.4) is 0 Å². The van der Waals surface area contributed by atoms with E-state index in [0.29, 0.717) is 0 Å². The standard InChI is InChI=1S/C13H20BrClN2/c1-16(2)7-4-8-17(3)13-9-12(15)6-5-11(13)10-14/h5-6,9H,4,7-8,10H2,1-3H3. The van der Waals surface area contributed by atoms with Gasteiger partial charge in [0.15, 0.2) is 0 Å². The second kappa shape index (κ2) is 7.24. The molecule has 0 fully saturated rings. The van der Waals surface area contributed by atoms with Crippen LogP contribution in [0.2, 0.25) is 5.02 Å². The van der Waals surface area contributed by atoms with Crippen LogP contribution < -0.4 is 4.90 Å². The maximum absolute atomic E-state index is 6.05. The summed E-state index contributed by atoms with van der Waals surface area (Å²) in [7, 11) is 6.32. The van der Waals surface area contributed by atoms with Gasteiger partial charge in [-0.05, 0) is 44.8 Å². The van der Waals surface area contributed by atoms with E-state index in [4.69, 9.17) is 11.6 Å². The third-order valence-electron chi connectivity index (χ3n) is 2.70. The highest BCUT2D eigenvalue weighted by atomic mass is 79.9. The van der Waals surface area contributed by atoms with Crippen LogP contribution in [0.25, 0.3) is 0 Å². The summed E-state index contributed by atoms with van der Waals surface area (Å²) in [5, 5.41) is 1.65. The predicted molar refractivity (Wildman–Crippen MR) is 80.5 cm³/mol. The van der Waals surface area contributed by atoms with Gasteiger partial charge in [0.05, 0.1) is 0 Å². The molecule has 1 rings (SSSR count). The number of hydrogen-bond donors (Lipinski definition) is 0. The molecule has 0 amide bonds. The fourth-order valence-electron chi connectivity index (χ4n) is 1.75. The fourth-order valence-corrected chi connectivity index (χ4v) is 2.39. The smallest absolute Gasteiger partial charge is 0.0426 e. The summed E-state index contributed by atoms with van der Waals surface area (Å²) in [6.07, 6.45) is 1.15. The maximum Gasteiger partial charge on any atom is 0.0426 e. The Morgan fingerprint density at radius 3 is 2.47 bits per heavy atom. The molecule has 0 aliphatic heterocycles. The summed E-state index contributed by atoms with van der Waals surface area (Å²) in [5.74, 6) is 0. The normalized spacial score (nSPS) is 10.9. The van der Waals surface area contributed by atoms with Crippen LogP contribution in [0, 0.1) is 0 Å². The lowest BCUT2D eigenvalue weighted by Gasteiger charge is -2.23. The first-order valence-electron chi connectivity index (χ1n) is 5.75. The average molecular weight is 320 g/mol. The molecule has 0 heterocycles. The topological polar surface area (TPSA) is 6.48 Å². The van der Waals surface area contributed by atoms with Crippen molar-refractivity contribution in [1.29, 1.82) is 0 Å². The number of alkyl halides is 1. The average Bonchev–Trinajstić information content (AvgIpc) is 2.28. The molecule has 0 N–H and O–H groups in total. The fraction of sp³-hybridized carbons (Fsp3) is 0.538. The van der Waals surface area contributed by atoms with E-state index in [9.17, 15) is 0 Å². The van der Waals surface area contributed by atoms with E-state index in [1.165, 1.54) is 11.3 Å². The van der Waals surface area contributed by atoms with Crippen molar-refractivity contribution in [3.8, 4) is 0 Å². The molecule has 96 valence electrons. The monoisotopic (exact) mass is 318 g/mol. The Labute approximate surface area is 118 Å². The maximum atomic E-state index is 6.05. The Kier molecular flexibility index (Phi) is 6.31. The molecule has 0 saturated heterocycles. The van der Waals surface area contributed by atoms with Crippen LogP contribution >= 0.6 is 27.5 Å². The summed E-state index contributed by atoms with van der Waals surface area (Å²) in [6.45, 7) is 2.15. The van der Waals surface area contributed by atoms with Gasteiger partial charge < -0.3 is 9.80 Å². The molecule has 1 aromatic rings.